The van der Waals surface area contributed by atoms with Crippen molar-refractivity contribution in [1.82, 2.24) is 0 Å². The van der Waals surface area contributed by atoms with E-state index < -0.39 is 5.60 Å². The molecule has 2 aromatic carbocycles. The molecule has 0 heterocycles. The van der Waals surface area contributed by atoms with Crippen molar-refractivity contribution in [1.29, 1.82) is 0 Å². The minimum atomic E-state index is -1.24. The highest BCUT2D eigenvalue weighted by Gasteiger charge is 2.36. The molecule has 1 unspecified atom stereocenters. The van der Waals surface area contributed by atoms with Gasteiger partial charge in [-0.25, -0.2) is 4.39 Å². The number of aryl methyl sites for hydroxylation is 1. The second-order valence-electron chi connectivity index (χ2n) is 5.35. The van der Waals surface area contributed by atoms with Crippen LogP contribution in [0.4, 0.5) is 4.39 Å². The van der Waals surface area contributed by atoms with Gasteiger partial charge in [0.15, 0.2) is 0 Å². The van der Waals surface area contributed by atoms with Crippen LogP contribution >= 0.6 is 15.9 Å². The molecule has 2 aromatic rings. The van der Waals surface area contributed by atoms with Crippen LogP contribution in [0.1, 0.15) is 36.0 Å². The predicted octanol–water partition coefficient (Wildman–Crippen LogP) is 4.55. The third-order valence-electron chi connectivity index (χ3n) is 4.07. The van der Waals surface area contributed by atoms with Gasteiger partial charge < -0.3 is 5.11 Å². The van der Waals surface area contributed by atoms with Crippen LogP contribution in [0.15, 0.2) is 46.9 Å². The van der Waals surface area contributed by atoms with E-state index in [0.29, 0.717) is 12.0 Å². The minimum absolute atomic E-state index is 0.354. The van der Waals surface area contributed by atoms with E-state index in [2.05, 4.69) is 15.9 Å². The number of aliphatic hydroxyl groups is 1. The standard InChI is InChI=1S/C17H16BrFO/c18-13-8-9-16(19)15(11-13)17(20)10-4-3-6-12-5-1-2-7-14(12)17/h1-2,5,7-9,11,20H,3-4,6,10H2. The SMILES string of the molecule is OC1(c2cc(Br)ccc2F)CCCCc2ccccc21. The maximum absolute atomic E-state index is 14.2. The van der Waals surface area contributed by atoms with Crippen molar-refractivity contribution in [2.45, 2.75) is 31.3 Å². The summed E-state index contributed by atoms with van der Waals surface area (Å²) in [7, 11) is 0. The van der Waals surface area contributed by atoms with Gasteiger partial charge in [0, 0.05) is 10.0 Å². The maximum Gasteiger partial charge on any atom is 0.129 e. The molecule has 3 heteroatoms. The average molecular weight is 335 g/mol. The molecule has 0 aromatic heterocycles. The first kappa shape index (κ1) is 13.8. The van der Waals surface area contributed by atoms with Crippen LogP contribution in [-0.2, 0) is 12.0 Å². The van der Waals surface area contributed by atoms with E-state index in [1.807, 2.05) is 24.3 Å². The molecule has 1 aliphatic carbocycles. The van der Waals surface area contributed by atoms with Crippen molar-refractivity contribution >= 4 is 15.9 Å². The molecule has 1 N–H and O–H groups in total. The van der Waals surface area contributed by atoms with Crippen molar-refractivity contribution in [3.63, 3.8) is 0 Å². The van der Waals surface area contributed by atoms with Crippen molar-refractivity contribution < 1.29 is 9.50 Å². The zero-order chi connectivity index (χ0) is 14.2. The van der Waals surface area contributed by atoms with E-state index >= 15 is 0 Å². The molecule has 1 aliphatic rings. The summed E-state index contributed by atoms with van der Waals surface area (Å²) >= 11 is 3.37. The maximum atomic E-state index is 14.2. The number of halogens is 2. The lowest BCUT2D eigenvalue weighted by atomic mass is 9.81. The van der Waals surface area contributed by atoms with E-state index in [1.54, 1.807) is 12.1 Å². The molecule has 104 valence electrons. The van der Waals surface area contributed by atoms with Gasteiger partial charge in [-0.2, -0.15) is 0 Å². The Bertz CT molecular complexity index is 641. The Kier molecular flexibility index (Phi) is 3.65. The Morgan fingerprint density at radius 2 is 1.85 bits per heavy atom. The average Bonchev–Trinajstić information content (AvgIpc) is 2.62. The first-order valence-corrected chi connectivity index (χ1v) is 7.67. The fourth-order valence-corrected chi connectivity index (χ4v) is 3.43. The lowest BCUT2D eigenvalue weighted by Crippen LogP contribution is -2.28. The molecule has 1 atom stereocenters. The van der Waals surface area contributed by atoms with Gasteiger partial charge >= 0.3 is 0 Å². The molecule has 3 rings (SSSR count). The first-order valence-electron chi connectivity index (χ1n) is 6.87. The molecule has 20 heavy (non-hydrogen) atoms. The fourth-order valence-electron chi connectivity index (χ4n) is 3.07. The van der Waals surface area contributed by atoms with Crippen LogP contribution < -0.4 is 0 Å². The third kappa shape index (κ3) is 2.29. The van der Waals surface area contributed by atoms with E-state index in [4.69, 9.17) is 0 Å². The Morgan fingerprint density at radius 3 is 2.70 bits per heavy atom. The van der Waals surface area contributed by atoms with E-state index in [1.165, 1.54) is 6.07 Å². The molecule has 0 bridgehead atoms. The normalized spacial score (nSPS) is 22.1. The van der Waals surface area contributed by atoms with Crippen LogP contribution in [0.2, 0.25) is 0 Å². The number of hydrogen-bond acceptors (Lipinski definition) is 1. The minimum Gasteiger partial charge on any atom is -0.380 e. The van der Waals surface area contributed by atoms with Crippen molar-refractivity contribution in [3.8, 4) is 0 Å². The van der Waals surface area contributed by atoms with E-state index in [0.717, 1.165) is 34.9 Å². The summed E-state index contributed by atoms with van der Waals surface area (Å²) in [6, 6.07) is 12.6. The number of rotatable bonds is 1. The summed E-state index contributed by atoms with van der Waals surface area (Å²) in [4.78, 5) is 0. The largest absolute Gasteiger partial charge is 0.380 e. The second kappa shape index (κ2) is 5.30. The van der Waals surface area contributed by atoms with Gasteiger partial charge in [0.25, 0.3) is 0 Å². The second-order valence-corrected chi connectivity index (χ2v) is 6.26. The highest BCUT2D eigenvalue weighted by Crippen LogP contribution is 2.41. The summed E-state index contributed by atoms with van der Waals surface area (Å²) in [6.45, 7) is 0. The van der Waals surface area contributed by atoms with E-state index in [9.17, 15) is 9.50 Å². The molecular formula is C17H16BrFO. The van der Waals surface area contributed by atoms with Gasteiger partial charge in [-0.3, -0.25) is 0 Å². The van der Waals surface area contributed by atoms with Gasteiger partial charge in [0.05, 0.1) is 0 Å². The third-order valence-corrected chi connectivity index (χ3v) is 4.56. The lowest BCUT2D eigenvalue weighted by Gasteiger charge is -2.30. The molecule has 1 nitrogen and oxygen atoms in total. The number of fused-ring (bicyclic) bond motifs is 1. The zero-order valence-corrected chi connectivity index (χ0v) is 12.7. The van der Waals surface area contributed by atoms with Crippen molar-refractivity contribution in [2.75, 3.05) is 0 Å². The molecule has 0 aliphatic heterocycles. The van der Waals surface area contributed by atoms with Gasteiger partial charge in [0.2, 0.25) is 0 Å². The van der Waals surface area contributed by atoms with Gasteiger partial charge in [-0.15, -0.1) is 0 Å². The Balaban J connectivity index is 2.22. The molecule has 0 fully saturated rings. The van der Waals surface area contributed by atoms with Gasteiger partial charge in [0.1, 0.15) is 11.4 Å². The highest BCUT2D eigenvalue weighted by molar-refractivity contribution is 9.10. The van der Waals surface area contributed by atoms with Gasteiger partial charge in [-0.05, 0) is 55.0 Å². The fraction of sp³-hybridized carbons (Fsp3) is 0.294. The van der Waals surface area contributed by atoms with Crippen LogP contribution in [0.25, 0.3) is 0 Å². The molecule has 0 saturated heterocycles. The highest BCUT2D eigenvalue weighted by atomic mass is 79.9. The van der Waals surface area contributed by atoms with Gasteiger partial charge in [-0.1, -0.05) is 40.2 Å². The van der Waals surface area contributed by atoms with Crippen LogP contribution in [0.5, 0.6) is 0 Å². The summed E-state index contributed by atoms with van der Waals surface area (Å²) in [5.41, 5.74) is 1.09. The predicted molar refractivity (Wildman–Crippen MR) is 81.1 cm³/mol. The van der Waals surface area contributed by atoms with Crippen molar-refractivity contribution in [3.05, 3.63) is 69.4 Å². The van der Waals surface area contributed by atoms with Crippen LogP contribution in [0.3, 0.4) is 0 Å². The van der Waals surface area contributed by atoms with Crippen LogP contribution in [-0.4, -0.2) is 5.11 Å². The summed E-state index contributed by atoms with van der Waals surface area (Å²) in [5, 5.41) is 11.2. The lowest BCUT2D eigenvalue weighted by molar-refractivity contribution is 0.0665. The number of hydrogen-bond donors (Lipinski definition) is 1. The monoisotopic (exact) mass is 334 g/mol. The Hall–Kier alpha value is -1.19. The zero-order valence-electron chi connectivity index (χ0n) is 11.1. The first-order chi connectivity index (χ1) is 9.61. The molecule has 0 saturated carbocycles. The Labute approximate surface area is 126 Å². The quantitative estimate of drug-likeness (QED) is 0.758. The summed E-state index contributed by atoms with van der Waals surface area (Å²) in [6.07, 6.45) is 3.40. The van der Waals surface area contributed by atoms with E-state index in [-0.39, 0.29) is 5.82 Å². The Morgan fingerprint density at radius 1 is 1.05 bits per heavy atom. The molecule has 0 amide bonds. The van der Waals surface area contributed by atoms with Crippen molar-refractivity contribution in [2.24, 2.45) is 0 Å². The molecule has 0 radical (unpaired) electrons. The topological polar surface area (TPSA) is 20.2 Å². The summed E-state index contributed by atoms with van der Waals surface area (Å²) in [5.74, 6) is -0.354. The molecule has 0 spiro atoms. The number of benzene rings is 2. The van der Waals surface area contributed by atoms with Crippen LogP contribution in [0, 0.1) is 5.82 Å². The summed E-state index contributed by atoms with van der Waals surface area (Å²) < 4.78 is 15.0. The molecular weight excluding hydrogens is 319 g/mol. The smallest absolute Gasteiger partial charge is 0.129 e.